The number of carbonyl (C=O) groups is 4. The van der Waals surface area contributed by atoms with E-state index in [9.17, 15) is 19.2 Å². The normalized spacial score (nSPS) is 10.7. The summed E-state index contributed by atoms with van der Waals surface area (Å²) in [5, 5.41) is 5.85. The van der Waals surface area contributed by atoms with Gasteiger partial charge in [-0.3, -0.25) is 19.2 Å². The molecule has 0 spiro atoms. The van der Waals surface area contributed by atoms with Crippen molar-refractivity contribution in [3.8, 4) is 0 Å². The van der Waals surface area contributed by atoms with Crippen LogP contribution in [0.3, 0.4) is 0 Å². The van der Waals surface area contributed by atoms with Gasteiger partial charge in [-0.25, -0.2) is 0 Å². The van der Waals surface area contributed by atoms with Gasteiger partial charge in [-0.05, 0) is 74.9 Å². The Hall–Kier alpha value is -3.68. The van der Waals surface area contributed by atoms with Gasteiger partial charge in [0.15, 0.2) is 0 Å². The predicted octanol–water partition coefficient (Wildman–Crippen LogP) is 7.52. The third-order valence-corrected chi connectivity index (χ3v) is 7.14. The first-order valence-electron chi connectivity index (χ1n) is 16.2. The molecule has 2 aromatic rings. The van der Waals surface area contributed by atoms with Crippen molar-refractivity contribution in [2.45, 2.75) is 98.3 Å². The minimum atomic E-state index is -0.0591. The Kier molecular flexibility index (Phi) is 16.7. The van der Waals surface area contributed by atoms with Gasteiger partial charge in [-0.2, -0.15) is 0 Å². The van der Waals surface area contributed by atoms with Crippen LogP contribution >= 0.6 is 0 Å². The van der Waals surface area contributed by atoms with Crippen molar-refractivity contribution >= 4 is 35.0 Å². The maximum absolute atomic E-state index is 12.9. The number of unbranched alkanes of at least 4 members (excludes halogenated alkanes) is 4. The molecule has 0 aliphatic carbocycles. The minimum Gasteiger partial charge on any atom is -0.339 e. The molecule has 0 saturated carbocycles. The average Bonchev–Trinajstić information content (AvgIpc) is 3.00. The summed E-state index contributed by atoms with van der Waals surface area (Å²) in [5.41, 5.74) is 2.47. The first-order chi connectivity index (χ1) is 20.8. The molecular weight excluding hydrogens is 540 g/mol. The lowest BCUT2D eigenvalue weighted by Crippen LogP contribution is -2.32. The molecular formula is C35H52N4O4. The Labute approximate surface area is 258 Å². The van der Waals surface area contributed by atoms with Crippen molar-refractivity contribution in [2.75, 3.05) is 36.8 Å². The molecule has 0 bridgehead atoms. The lowest BCUT2D eigenvalue weighted by atomic mass is 10.1. The Balaban J connectivity index is 1.68. The van der Waals surface area contributed by atoms with Crippen LogP contribution in [0.2, 0.25) is 0 Å². The fourth-order valence-electron chi connectivity index (χ4n) is 5.08. The second-order valence-electron chi connectivity index (χ2n) is 11.1. The SMILES string of the molecule is CCCN(CCC)C(=O)c1cccc(NC(=O)CCCCCCCC(=O)Nc2cccc(C(=O)N(CCC)CCC)c2)c1. The van der Waals surface area contributed by atoms with Crippen molar-refractivity contribution in [3.63, 3.8) is 0 Å². The van der Waals surface area contributed by atoms with E-state index < -0.39 is 0 Å². The smallest absolute Gasteiger partial charge is 0.253 e. The van der Waals surface area contributed by atoms with Gasteiger partial charge >= 0.3 is 0 Å². The standard InChI is InChI=1S/C35H52N4O4/c1-5-22-38(23-6-2)34(42)28-16-14-18-30(26-28)36-32(40)20-12-10-9-11-13-21-33(41)37-31-19-15-17-29(27-31)35(43)39(24-7-3)25-8-4/h14-19,26-27H,5-13,20-25H2,1-4H3,(H,36,40)(H,37,41). The number of nitrogens with one attached hydrogen (secondary N) is 2. The van der Waals surface area contributed by atoms with Gasteiger partial charge in [-0.15, -0.1) is 0 Å². The molecule has 2 N–H and O–H groups in total. The van der Waals surface area contributed by atoms with E-state index in [1.165, 1.54) is 0 Å². The van der Waals surface area contributed by atoms with Crippen LogP contribution in [0.5, 0.6) is 0 Å². The van der Waals surface area contributed by atoms with Crippen LogP contribution in [0.25, 0.3) is 0 Å². The third-order valence-electron chi connectivity index (χ3n) is 7.14. The molecule has 2 aromatic carbocycles. The van der Waals surface area contributed by atoms with Crippen LogP contribution in [0.4, 0.5) is 11.4 Å². The highest BCUT2D eigenvalue weighted by atomic mass is 16.2. The first-order valence-corrected chi connectivity index (χ1v) is 16.2. The number of hydrogen-bond acceptors (Lipinski definition) is 4. The summed E-state index contributed by atoms with van der Waals surface area (Å²) >= 11 is 0. The fourth-order valence-corrected chi connectivity index (χ4v) is 5.08. The fraction of sp³-hybridized carbons (Fsp3) is 0.543. The molecule has 0 atom stereocenters. The number of benzene rings is 2. The molecule has 8 heteroatoms. The third kappa shape index (κ3) is 13.0. The van der Waals surface area contributed by atoms with Gasteiger partial charge in [-0.1, -0.05) is 59.1 Å². The van der Waals surface area contributed by atoms with Gasteiger partial charge in [0.2, 0.25) is 11.8 Å². The van der Waals surface area contributed by atoms with E-state index in [0.717, 1.165) is 84.0 Å². The quantitative estimate of drug-likeness (QED) is 0.155. The molecule has 0 fully saturated rings. The molecule has 0 saturated heterocycles. The molecule has 0 radical (unpaired) electrons. The molecule has 43 heavy (non-hydrogen) atoms. The predicted molar refractivity (Wildman–Crippen MR) is 175 cm³/mol. The second kappa shape index (κ2) is 20.3. The number of amides is 4. The Morgan fingerprint density at radius 3 is 1.23 bits per heavy atom. The van der Waals surface area contributed by atoms with Crippen LogP contribution in [-0.2, 0) is 9.59 Å². The van der Waals surface area contributed by atoms with Crippen molar-refractivity contribution < 1.29 is 19.2 Å². The summed E-state index contributed by atoms with van der Waals surface area (Å²) in [5.74, 6) is -0.121. The zero-order valence-corrected chi connectivity index (χ0v) is 26.8. The van der Waals surface area contributed by atoms with E-state index in [1.807, 2.05) is 21.9 Å². The van der Waals surface area contributed by atoms with Gasteiger partial charge in [0, 0.05) is 61.5 Å². The summed E-state index contributed by atoms with van der Waals surface area (Å²) < 4.78 is 0. The Morgan fingerprint density at radius 2 is 0.884 bits per heavy atom. The molecule has 2 rings (SSSR count). The summed E-state index contributed by atoms with van der Waals surface area (Å²) in [6, 6.07) is 14.3. The Morgan fingerprint density at radius 1 is 0.535 bits per heavy atom. The number of nitrogens with zero attached hydrogens (tertiary/aromatic N) is 2. The molecule has 0 heterocycles. The minimum absolute atomic E-state index is 0.00161. The summed E-state index contributed by atoms with van der Waals surface area (Å²) in [6.45, 7) is 11.1. The van der Waals surface area contributed by atoms with E-state index in [0.29, 0.717) is 35.3 Å². The first kappa shape index (κ1) is 35.5. The highest BCUT2D eigenvalue weighted by Gasteiger charge is 2.16. The monoisotopic (exact) mass is 592 g/mol. The van der Waals surface area contributed by atoms with Crippen molar-refractivity contribution in [2.24, 2.45) is 0 Å². The number of anilines is 2. The highest BCUT2D eigenvalue weighted by molar-refractivity contribution is 5.98. The van der Waals surface area contributed by atoms with Crippen LogP contribution < -0.4 is 10.6 Å². The zero-order valence-electron chi connectivity index (χ0n) is 26.8. The van der Waals surface area contributed by atoms with E-state index >= 15 is 0 Å². The molecule has 4 amide bonds. The van der Waals surface area contributed by atoms with E-state index in [1.54, 1.807) is 36.4 Å². The molecule has 0 aromatic heterocycles. The summed E-state index contributed by atoms with van der Waals surface area (Å²) in [6.07, 6.45) is 8.77. The highest BCUT2D eigenvalue weighted by Crippen LogP contribution is 2.17. The lowest BCUT2D eigenvalue weighted by molar-refractivity contribution is -0.117. The number of hydrogen-bond donors (Lipinski definition) is 2. The van der Waals surface area contributed by atoms with Crippen molar-refractivity contribution in [3.05, 3.63) is 59.7 Å². The molecule has 236 valence electrons. The van der Waals surface area contributed by atoms with E-state index in [-0.39, 0.29) is 23.6 Å². The van der Waals surface area contributed by atoms with E-state index in [4.69, 9.17) is 0 Å². The van der Waals surface area contributed by atoms with Crippen molar-refractivity contribution in [1.29, 1.82) is 0 Å². The number of carbonyl (C=O) groups excluding carboxylic acids is 4. The van der Waals surface area contributed by atoms with Gasteiger partial charge in [0.1, 0.15) is 0 Å². The van der Waals surface area contributed by atoms with Crippen LogP contribution in [0.1, 0.15) is 119 Å². The maximum Gasteiger partial charge on any atom is 0.253 e. The maximum atomic E-state index is 12.9. The second-order valence-corrected chi connectivity index (χ2v) is 11.1. The van der Waals surface area contributed by atoms with Crippen molar-refractivity contribution in [1.82, 2.24) is 9.80 Å². The largest absolute Gasteiger partial charge is 0.339 e. The van der Waals surface area contributed by atoms with Crippen LogP contribution in [-0.4, -0.2) is 59.6 Å². The molecule has 0 unspecified atom stereocenters. The average molecular weight is 593 g/mol. The van der Waals surface area contributed by atoms with Gasteiger partial charge in [0.05, 0.1) is 0 Å². The molecule has 0 aliphatic rings. The van der Waals surface area contributed by atoms with Crippen LogP contribution in [0.15, 0.2) is 48.5 Å². The van der Waals surface area contributed by atoms with E-state index in [2.05, 4.69) is 38.3 Å². The summed E-state index contributed by atoms with van der Waals surface area (Å²) in [4.78, 5) is 54.4. The topological polar surface area (TPSA) is 98.8 Å². The van der Waals surface area contributed by atoms with Gasteiger partial charge in [0.25, 0.3) is 11.8 Å². The Bertz CT molecular complexity index is 1060. The molecule has 0 aliphatic heterocycles. The zero-order chi connectivity index (χ0) is 31.5. The molecule has 8 nitrogen and oxygen atoms in total. The summed E-state index contributed by atoms with van der Waals surface area (Å²) in [7, 11) is 0. The van der Waals surface area contributed by atoms with Gasteiger partial charge < -0.3 is 20.4 Å². The lowest BCUT2D eigenvalue weighted by Gasteiger charge is -2.21. The number of rotatable bonds is 20. The van der Waals surface area contributed by atoms with Crippen LogP contribution in [0, 0.1) is 0 Å².